The van der Waals surface area contributed by atoms with Crippen molar-refractivity contribution in [3.63, 3.8) is 0 Å². The second-order valence-electron chi connectivity index (χ2n) is 2.16. The highest BCUT2D eigenvalue weighted by atomic mass is 35.5. The van der Waals surface area contributed by atoms with Gasteiger partial charge in [0.05, 0.1) is 10.7 Å². The Morgan fingerprint density at radius 2 is 2.18 bits per heavy atom. The van der Waals surface area contributed by atoms with Crippen molar-refractivity contribution in [2.45, 2.75) is 6.54 Å². The van der Waals surface area contributed by atoms with Crippen LogP contribution >= 0.6 is 11.6 Å². The van der Waals surface area contributed by atoms with Crippen LogP contribution in [0, 0.1) is 0 Å². The standard InChI is InChI=1S/C7H10ClN3/c8-6-2-1-5(4-9)3-7(6)11-10/h1-3,11H,4,9-10H2. The number of nitrogens with one attached hydrogen (secondary N) is 1. The summed E-state index contributed by atoms with van der Waals surface area (Å²) < 4.78 is 0. The summed E-state index contributed by atoms with van der Waals surface area (Å²) in [6.45, 7) is 0.492. The molecule has 0 aromatic heterocycles. The zero-order chi connectivity index (χ0) is 8.27. The van der Waals surface area contributed by atoms with E-state index in [1.165, 1.54) is 0 Å². The molecule has 4 heteroatoms. The fraction of sp³-hybridized carbons (Fsp3) is 0.143. The van der Waals surface area contributed by atoms with E-state index in [0.29, 0.717) is 17.3 Å². The average Bonchev–Trinajstić information content (AvgIpc) is 2.05. The molecule has 0 saturated carbocycles. The molecule has 0 radical (unpaired) electrons. The largest absolute Gasteiger partial charge is 0.326 e. The third-order valence-corrected chi connectivity index (χ3v) is 1.75. The van der Waals surface area contributed by atoms with E-state index >= 15 is 0 Å². The van der Waals surface area contributed by atoms with Gasteiger partial charge in [-0.3, -0.25) is 5.84 Å². The molecular weight excluding hydrogens is 162 g/mol. The predicted molar refractivity (Wildman–Crippen MR) is 47.2 cm³/mol. The van der Waals surface area contributed by atoms with Crippen LogP contribution in [0.1, 0.15) is 5.56 Å². The van der Waals surface area contributed by atoms with Gasteiger partial charge >= 0.3 is 0 Å². The average molecular weight is 172 g/mol. The molecule has 0 atom stereocenters. The fourth-order valence-electron chi connectivity index (χ4n) is 0.810. The van der Waals surface area contributed by atoms with E-state index in [0.717, 1.165) is 5.56 Å². The summed E-state index contributed by atoms with van der Waals surface area (Å²) in [4.78, 5) is 0. The maximum atomic E-state index is 5.77. The first-order chi connectivity index (χ1) is 5.27. The minimum atomic E-state index is 0.492. The minimum absolute atomic E-state index is 0.492. The monoisotopic (exact) mass is 171 g/mol. The van der Waals surface area contributed by atoms with Crippen LogP contribution in [0.5, 0.6) is 0 Å². The first-order valence-electron chi connectivity index (χ1n) is 3.23. The van der Waals surface area contributed by atoms with Crippen LogP contribution in [0.15, 0.2) is 18.2 Å². The van der Waals surface area contributed by atoms with Crippen LogP contribution in [0.3, 0.4) is 0 Å². The molecule has 1 aromatic carbocycles. The molecule has 5 N–H and O–H groups in total. The fourth-order valence-corrected chi connectivity index (χ4v) is 0.982. The summed E-state index contributed by atoms with van der Waals surface area (Å²) in [7, 11) is 0. The summed E-state index contributed by atoms with van der Waals surface area (Å²) in [5, 5.41) is 0.602. The molecule has 0 aliphatic rings. The Morgan fingerprint density at radius 1 is 1.45 bits per heavy atom. The van der Waals surface area contributed by atoms with Crippen molar-refractivity contribution < 1.29 is 0 Å². The zero-order valence-electron chi connectivity index (χ0n) is 5.97. The number of hydrogen-bond donors (Lipinski definition) is 3. The topological polar surface area (TPSA) is 64.1 Å². The van der Waals surface area contributed by atoms with Gasteiger partial charge in [-0.1, -0.05) is 17.7 Å². The van der Waals surface area contributed by atoms with Crippen molar-refractivity contribution in [1.29, 1.82) is 0 Å². The van der Waals surface area contributed by atoms with E-state index in [9.17, 15) is 0 Å². The molecule has 1 rings (SSSR count). The molecule has 0 saturated heterocycles. The first kappa shape index (κ1) is 8.33. The molecule has 0 aliphatic carbocycles. The third kappa shape index (κ3) is 1.83. The Hall–Kier alpha value is -0.770. The highest BCUT2D eigenvalue weighted by molar-refractivity contribution is 6.33. The van der Waals surface area contributed by atoms with Crippen molar-refractivity contribution in [1.82, 2.24) is 0 Å². The molecule has 1 aromatic rings. The summed E-state index contributed by atoms with van der Waals surface area (Å²) in [5.41, 5.74) is 9.60. The Bertz CT molecular complexity index is 249. The highest BCUT2D eigenvalue weighted by Gasteiger charge is 1.97. The molecule has 60 valence electrons. The van der Waals surface area contributed by atoms with E-state index in [1.54, 1.807) is 6.07 Å². The SMILES string of the molecule is NCc1ccc(Cl)c(NN)c1. The summed E-state index contributed by atoms with van der Waals surface area (Å²) in [6.07, 6.45) is 0. The van der Waals surface area contributed by atoms with E-state index in [-0.39, 0.29) is 0 Å². The van der Waals surface area contributed by atoms with Crippen LogP contribution in [0.25, 0.3) is 0 Å². The quantitative estimate of drug-likeness (QED) is 0.461. The number of hydrogen-bond acceptors (Lipinski definition) is 3. The Morgan fingerprint density at radius 3 is 2.73 bits per heavy atom. The van der Waals surface area contributed by atoms with Crippen LogP contribution in [0.4, 0.5) is 5.69 Å². The third-order valence-electron chi connectivity index (χ3n) is 1.42. The second-order valence-corrected chi connectivity index (χ2v) is 2.57. The predicted octanol–water partition coefficient (Wildman–Crippen LogP) is 1.08. The lowest BCUT2D eigenvalue weighted by Gasteiger charge is -2.04. The number of benzene rings is 1. The molecule has 0 bridgehead atoms. The number of anilines is 1. The van der Waals surface area contributed by atoms with Gasteiger partial charge in [-0.2, -0.15) is 0 Å². The van der Waals surface area contributed by atoms with Gasteiger partial charge in [0.15, 0.2) is 0 Å². The van der Waals surface area contributed by atoms with Gasteiger partial charge in [-0.15, -0.1) is 0 Å². The van der Waals surface area contributed by atoms with Gasteiger partial charge in [0.25, 0.3) is 0 Å². The summed E-state index contributed by atoms with van der Waals surface area (Å²) in [6, 6.07) is 5.45. The van der Waals surface area contributed by atoms with Crippen molar-refractivity contribution in [3.05, 3.63) is 28.8 Å². The van der Waals surface area contributed by atoms with Crippen molar-refractivity contribution in [2.75, 3.05) is 5.43 Å². The van der Waals surface area contributed by atoms with Crippen LogP contribution < -0.4 is 17.0 Å². The van der Waals surface area contributed by atoms with E-state index in [1.807, 2.05) is 12.1 Å². The lowest BCUT2D eigenvalue weighted by Crippen LogP contribution is -2.08. The van der Waals surface area contributed by atoms with Crippen LogP contribution in [0.2, 0.25) is 5.02 Å². The molecule has 0 amide bonds. The molecule has 3 nitrogen and oxygen atoms in total. The van der Waals surface area contributed by atoms with Crippen molar-refractivity contribution in [3.8, 4) is 0 Å². The lowest BCUT2D eigenvalue weighted by atomic mass is 10.2. The zero-order valence-corrected chi connectivity index (χ0v) is 6.73. The number of hydrazine groups is 1. The number of halogens is 1. The van der Waals surface area contributed by atoms with Gasteiger partial charge in [0, 0.05) is 6.54 Å². The normalized spacial score (nSPS) is 9.73. The summed E-state index contributed by atoms with van der Waals surface area (Å²) in [5.74, 6) is 5.20. The molecule has 0 spiro atoms. The maximum absolute atomic E-state index is 5.77. The molecular formula is C7H10ClN3. The van der Waals surface area contributed by atoms with Crippen molar-refractivity contribution in [2.24, 2.45) is 11.6 Å². The van der Waals surface area contributed by atoms with Gasteiger partial charge < -0.3 is 11.2 Å². The molecule has 0 heterocycles. The second kappa shape index (κ2) is 3.57. The van der Waals surface area contributed by atoms with Gasteiger partial charge in [0.2, 0.25) is 0 Å². The Kier molecular flexibility index (Phi) is 2.70. The smallest absolute Gasteiger partial charge is 0.0675 e. The van der Waals surface area contributed by atoms with Gasteiger partial charge in [-0.25, -0.2) is 0 Å². The van der Waals surface area contributed by atoms with Crippen LogP contribution in [-0.4, -0.2) is 0 Å². The first-order valence-corrected chi connectivity index (χ1v) is 3.61. The van der Waals surface area contributed by atoms with Crippen LogP contribution in [-0.2, 0) is 6.54 Å². The Balaban J connectivity index is 3.02. The van der Waals surface area contributed by atoms with E-state index in [4.69, 9.17) is 23.2 Å². The molecule has 0 unspecified atom stereocenters. The lowest BCUT2D eigenvalue weighted by molar-refractivity contribution is 1.07. The number of nitrogen functional groups attached to an aromatic ring is 1. The van der Waals surface area contributed by atoms with Crippen molar-refractivity contribution >= 4 is 17.3 Å². The Labute approximate surface area is 70.3 Å². The van der Waals surface area contributed by atoms with E-state index in [2.05, 4.69) is 5.43 Å². The highest BCUT2D eigenvalue weighted by Crippen LogP contribution is 2.21. The molecule has 11 heavy (non-hydrogen) atoms. The molecule has 0 fully saturated rings. The maximum Gasteiger partial charge on any atom is 0.0675 e. The van der Waals surface area contributed by atoms with Gasteiger partial charge in [0.1, 0.15) is 0 Å². The van der Waals surface area contributed by atoms with Gasteiger partial charge in [-0.05, 0) is 17.7 Å². The summed E-state index contributed by atoms with van der Waals surface area (Å²) >= 11 is 5.77. The molecule has 0 aliphatic heterocycles. The minimum Gasteiger partial charge on any atom is -0.326 e. The van der Waals surface area contributed by atoms with E-state index < -0.39 is 0 Å². The number of rotatable bonds is 2. The number of nitrogens with two attached hydrogens (primary N) is 2.